The van der Waals surface area contributed by atoms with Gasteiger partial charge >= 0.3 is 0 Å². The minimum absolute atomic E-state index is 0.479. The molecule has 0 bridgehead atoms. The van der Waals surface area contributed by atoms with Crippen LogP contribution >= 0.6 is 23.1 Å². The maximum Gasteiger partial charge on any atom is 0.185 e. The molecular weight excluding hydrogens is 298 g/mol. The van der Waals surface area contributed by atoms with Crippen LogP contribution in [-0.2, 0) is 6.42 Å². The summed E-state index contributed by atoms with van der Waals surface area (Å²) in [6.45, 7) is 5.60. The van der Waals surface area contributed by atoms with Gasteiger partial charge in [-0.05, 0) is 44.9 Å². The highest BCUT2D eigenvalue weighted by Gasteiger charge is 2.26. The van der Waals surface area contributed by atoms with Gasteiger partial charge in [-0.3, -0.25) is 0 Å². The number of anilines is 1. The SMILES string of the molecule is CCCNC1CCCc2sc(N(C)C(CC)CSC)nc21. The van der Waals surface area contributed by atoms with E-state index in [0.29, 0.717) is 12.1 Å². The van der Waals surface area contributed by atoms with Gasteiger partial charge in [-0.2, -0.15) is 11.8 Å². The molecule has 2 atom stereocenters. The maximum absolute atomic E-state index is 5.01. The number of hydrogen-bond donors (Lipinski definition) is 1. The Morgan fingerprint density at radius 2 is 2.29 bits per heavy atom. The quantitative estimate of drug-likeness (QED) is 0.778. The first-order valence-electron chi connectivity index (χ1n) is 8.15. The van der Waals surface area contributed by atoms with Crippen LogP contribution in [0.5, 0.6) is 0 Å². The van der Waals surface area contributed by atoms with Crippen LogP contribution in [0.4, 0.5) is 5.13 Å². The average Bonchev–Trinajstić information content (AvgIpc) is 2.94. The number of aromatic nitrogens is 1. The molecule has 1 heterocycles. The molecule has 1 aliphatic rings. The summed E-state index contributed by atoms with van der Waals surface area (Å²) in [7, 11) is 2.21. The molecule has 0 fully saturated rings. The Bertz CT molecular complexity index is 433. The van der Waals surface area contributed by atoms with Crippen LogP contribution in [0, 0.1) is 0 Å². The zero-order valence-corrected chi connectivity index (χ0v) is 15.4. The fourth-order valence-corrected chi connectivity index (χ4v) is 4.97. The van der Waals surface area contributed by atoms with Crippen molar-refractivity contribution in [3.05, 3.63) is 10.6 Å². The predicted molar refractivity (Wildman–Crippen MR) is 97.0 cm³/mol. The Labute approximate surface area is 137 Å². The van der Waals surface area contributed by atoms with E-state index in [9.17, 15) is 0 Å². The molecule has 0 saturated heterocycles. The molecule has 1 aromatic rings. The zero-order valence-electron chi connectivity index (χ0n) is 13.8. The summed E-state index contributed by atoms with van der Waals surface area (Å²) in [5.74, 6) is 1.18. The maximum atomic E-state index is 5.01. The standard InChI is InChI=1S/C16H29N3S2/c1-5-10-17-13-8-7-9-14-15(13)18-16(21-14)19(3)12(6-2)11-20-4/h12-13,17H,5-11H2,1-4H3. The van der Waals surface area contributed by atoms with E-state index in [0.717, 1.165) is 6.54 Å². The van der Waals surface area contributed by atoms with E-state index in [1.54, 1.807) is 0 Å². The van der Waals surface area contributed by atoms with Crippen molar-refractivity contribution < 1.29 is 0 Å². The van der Waals surface area contributed by atoms with Gasteiger partial charge in [0.2, 0.25) is 0 Å². The largest absolute Gasteiger partial charge is 0.347 e. The summed E-state index contributed by atoms with van der Waals surface area (Å²) in [6, 6.07) is 1.07. The van der Waals surface area contributed by atoms with Crippen molar-refractivity contribution in [1.82, 2.24) is 10.3 Å². The lowest BCUT2D eigenvalue weighted by atomic mass is 9.97. The van der Waals surface area contributed by atoms with E-state index in [-0.39, 0.29) is 0 Å². The number of hydrogen-bond acceptors (Lipinski definition) is 5. The molecule has 1 aliphatic carbocycles. The topological polar surface area (TPSA) is 28.2 Å². The Hall–Kier alpha value is -0.260. The van der Waals surface area contributed by atoms with Crippen LogP contribution in [-0.4, -0.2) is 36.6 Å². The third-order valence-electron chi connectivity index (χ3n) is 4.26. The molecule has 0 aromatic carbocycles. The molecule has 2 rings (SSSR count). The number of aryl methyl sites for hydroxylation is 1. The Morgan fingerprint density at radius 1 is 1.48 bits per heavy atom. The lowest BCUT2D eigenvalue weighted by Crippen LogP contribution is -2.33. The van der Waals surface area contributed by atoms with Crippen LogP contribution in [0.25, 0.3) is 0 Å². The molecule has 1 N–H and O–H groups in total. The first-order valence-corrected chi connectivity index (χ1v) is 10.4. The molecule has 1 aromatic heterocycles. The van der Waals surface area contributed by atoms with Crippen LogP contribution in [0.15, 0.2) is 0 Å². The normalized spacial score (nSPS) is 19.3. The number of rotatable bonds is 8. The first kappa shape index (κ1) is 17.1. The number of nitrogens with zero attached hydrogens (tertiary/aromatic N) is 2. The monoisotopic (exact) mass is 327 g/mol. The van der Waals surface area contributed by atoms with E-state index >= 15 is 0 Å². The van der Waals surface area contributed by atoms with Crippen molar-refractivity contribution in [1.29, 1.82) is 0 Å². The number of fused-ring (bicyclic) bond motifs is 1. The summed E-state index contributed by atoms with van der Waals surface area (Å²) in [6.07, 6.45) is 8.30. The Kier molecular flexibility index (Phi) is 6.83. The van der Waals surface area contributed by atoms with E-state index in [4.69, 9.17) is 4.98 Å². The van der Waals surface area contributed by atoms with Crippen molar-refractivity contribution in [2.75, 3.05) is 30.5 Å². The molecule has 21 heavy (non-hydrogen) atoms. The van der Waals surface area contributed by atoms with E-state index in [1.807, 2.05) is 23.1 Å². The third kappa shape index (κ3) is 4.14. The zero-order chi connectivity index (χ0) is 15.2. The molecule has 0 aliphatic heterocycles. The van der Waals surface area contributed by atoms with Gasteiger partial charge in [0.25, 0.3) is 0 Å². The molecule has 3 nitrogen and oxygen atoms in total. The molecule has 0 amide bonds. The molecular formula is C16H29N3S2. The second kappa shape index (κ2) is 8.39. The third-order valence-corrected chi connectivity index (χ3v) is 6.20. The van der Waals surface area contributed by atoms with Gasteiger partial charge in [0, 0.05) is 23.7 Å². The number of thioether (sulfide) groups is 1. The van der Waals surface area contributed by atoms with Crippen LogP contribution in [0.2, 0.25) is 0 Å². The predicted octanol–water partition coefficient (Wildman–Crippen LogP) is 4.10. The summed E-state index contributed by atoms with van der Waals surface area (Å²) < 4.78 is 0. The highest BCUT2D eigenvalue weighted by Crippen LogP contribution is 2.37. The molecule has 2 unspecified atom stereocenters. The van der Waals surface area contributed by atoms with Crippen molar-refractivity contribution in [2.24, 2.45) is 0 Å². The van der Waals surface area contributed by atoms with Crippen LogP contribution in [0.3, 0.4) is 0 Å². The minimum Gasteiger partial charge on any atom is -0.347 e. The molecule has 0 spiro atoms. The highest BCUT2D eigenvalue weighted by atomic mass is 32.2. The summed E-state index contributed by atoms with van der Waals surface area (Å²) in [5, 5.41) is 4.88. The molecule has 120 valence electrons. The van der Waals surface area contributed by atoms with Gasteiger partial charge in [0.1, 0.15) is 0 Å². The van der Waals surface area contributed by atoms with Gasteiger partial charge in [0.05, 0.1) is 11.7 Å². The fourth-order valence-electron chi connectivity index (χ4n) is 2.93. The van der Waals surface area contributed by atoms with Crippen molar-refractivity contribution in [3.8, 4) is 0 Å². The average molecular weight is 328 g/mol. The molecule has 0 radical (unpaired) electrons. The van der Waals surface area contributed by atoms with Gasteiger partial charge in [-0.15, -0.1) is 11.3 Å². The van der Waals surface area contributed by atoms with Crippen LogP contribution < -0.4 is 10.2 Å². The lowest BCUT2D eigenvalue weighted by Gasteiger charge is -2.26. The van der Waals surface area contributed by atoms with Crippen molar-refractivity contribution in [3.63, 3.8) is 0 Å². The molecule has 0 saturated carbocycles. The Morgan fingerprint density at radius 3 is 2.95 bits per heavy atom. The fraction of sp³-hybridized carbons (Fsp3) is 0.812. The summed E-state index contributed by atoms with van der Waals surface area (Å²) in [4.78, 5) is 8.92. The number of nitrogens with one attached hydrogen (secondary N) is 1. The van der Waals surface area contributed by atoms with E-state index in [2.05, 4.69) is 37.4 Å². The van der Waals surface area contributed by atoms with Gasteiger partial charge in [-0.25, -0.2) is 4.98 Å². The van der Waals surface area contributed by atoms with Crippen molar-refractivity contribution >= 4 is 28.2 Å². The van der Waals surface area contributed by atoms with Crippen LogP contribution in [0.1, 0.15) is 56.1 Å². The second-order valence-corrected chi connectivity index (χ2v) is 7.80. The Balaban J connectivity index is 2.14. The van der Waals surface area contributed by atoms with Gasteiger partial charge in [0.15, 0.2) is 5.13 Å². The van der Waals surface area contributed by atoms with Crippen molar-refractivity contribution in [2.45, 2.75) is 58.0 Å². The van der Waals surface area contributed by atoms with E-state index in [1.165, 1.54) is 53.6 Å². The second-order valence-electron chi connectivity index (χ2n) is 5.83. The number of thiazole rings is 1. The van der Waals surface area contributed by atoms with E-state index < -0.39 is 0 Å². The summed E-state index contributed by atoms with van der Waals surface area (Å²) in [5.41, 5.74) is 1.33. The first-order chi connectivity index (χ1) is 10.2. The summed E-state index contributed by atoms with van der Waals surface area (Å²) >= 11 is 3.84. The highest BCUT2D eigenvalue weighted by molar-refractivity contribution is 7.98. The smallest absolute Gasteiger partial charge is 0.185 e. The van der Waals surface area contributed by atoms with Gasteiger partial charge < -0.3 is 10.2 Å². The van der Waals surface area contributed by atoms with Gasteiger partial charge in [-0.1, -0.05) is 13.8 Å². The minimum atomic E-state index is 0.479. The lowest BCUT2D eigenvalue weighted by molar-refractivity contribution is 0.454. The molecule has 5 heteroatoms.